The van der Waals surface area contributed by atoms with Gasteiger partial charge in [0.1, 0.15) is 0 Å². The molecule has 3 aliphatic carbocycles. The molecule has 0 saturated heterocycles. The van der Waals surface area contributed by atoms with Gasteiger partial charge in [0.15, 0.2) is 14.6 Å². The third-order valence-corrected chi connectivity index (χ3v) is 14.8. The lowest BCUT2D eigenvalue weighted by molar-refractivity contribution is -0.208. The van der Waals surface area contributed by atoms with Gasteiger partial charge < -0.3 is 19.0 Å². The molecule has 3 rings (SSSR count). The third kappa shape index (κ3) is 4.98. The van der Waals surface area contributed by atoms with Crippen LogP contribution in [-0.2, 0) is 13.9 Å². The summed E-state index contributed by atoms with van der Waals surface area (Å²) < 4.78 is 19.4. The summed E-state index contributed by atoms with van der Waals surface area (Å²) >= 11 is 0. The van der Waals surface area contributed by atoms with E-state index in [0.29, 0.717) is 49.2 Å². The van der Waals surface area contributed by atoms with Crippen molar-refractivity contribution < 1.29 is 19.0 Å². The van der Waals surface area contributed by atoms with Gasteiger partial charge in [0.2, 0.25) is 0 Å². The maximum atomic E-state index is 12.4. The predicted molar refractivity (Wildman–Crippen MR) is 143 cm³/mol. The minimum Gasteiger partial charge on any atom is -0.414 e. The van der Waals surface area contributed by atoms with Crippen LogP contribution in [0.4, 0.5) is 0 Å². The van der Waals surface area contributed by atoms with E-state index in [9.17, 15) is 5.11 Å². The Bertz CT molecular complexity index is 682. The van der Waals surface area contributed by atoms with Crippen molar-refractivity contribution in [1.82, 2.24) is 0 Å². The molecule has 0 unspecified atom stereocenters. The molecule has 0 radical (unpaired) electrons. The molecule has 5 heteroatoms. The molecular weight excluding hydrogens is 440 g/mol. The number of hydrogen-bond acceptors (Lipinski definition) is 4. The van der Waals surface area contributed by atoms with Crippen molar-refractivity contribution in [2.45, 2.75) is 117 Å². The van der Waals surface area contributed by atoms with Crippen LogP contribution < -0.4 is 0 Å². The summed E-state index contributed by atoms with van der Waals surface area (Å²) in [6, 6.07) is 0. The molecule has 0 aromatic heterocycles. The van der Waals surface area contributed by atoms with Gasteiger partial charge in [0.05, 0.1) is 5.60 Å². The van der Waals surface area contributed by atoms with Crippen molar-refractivity contribution in [1.29, 1.82) is 0 Å². The molecule has 3 saturated carbocycles. The Morgan fingerprint density at radius 3 is 2.18 bits per heavy atom. The van der Waals surface area contributed by atoms with Crippen molar-refractivity contribution in [2.75, 3.05) is 13.2 Å². The molecule has 0 aromatic rings. The van der Waals surface area contributed by atoms with Crippen LogP contribution in [0.25, 0.3) is 0 Å². The Hall–Kier alpha value is -0.203. The van der Waals surface area contributed by atoms with E-state index in [1.165, 1.54) is 12.8 Å². The summed E-state index contributed by atoms with van der Waals surface area (Å²) in [7, 11) is -1.94. The molecule has 0 spiro atoms. The van der Waals surface area contributed by atoms with Gasteiger partial charge in [0.25, 0.3) is 0 Å². The van der Waals surface area contributed by atoms with Gasteiger partial charge in [-0.25, -0.2) is 0 Å². The maximum Gasteiger partial charge on any atom is 0.192 e. The Balaban J connectivity index is 2.02. The van der Waals surface area contributed by atoms with Gasteiger partial charge in [-0.05, 0) is 93.2 Å². The summed E-state index contributed by atoms with van der Waals surface area (Å²) in [4.78, 5) is 0. The quantitative estimate of drug-likeness (QED) is 0.201. The normalized spacial score (nSPS) is 40.4. The van der Waals surface area contributed by atoms with Crippen molar-refractivity contribution in [3.05, 3.63) is 12.7 Å². The average molecular weight is 495 g/mol. The highest BCUT2D eigenvalue weighted by molar-refractivity contribution is 6.74. The van der Waals surface area contributed by atoms with Crippen LogP contribution >= 0.6 is 0 Å². The first-order valence-corrected chi connectivity index (χ1v) is 17.0. The summed E-state index contributed by atoms with van der Waals surface area (Å²) in [6.07, 6.45) is 6.78. The molecular formula is C29H54O4Si. The smallest absolute Gasteiger partial charge is 0.192 e. The second-order valence-corrected chi connectivity index (χ2v) is 17.8. The molecule has 198 valence electrons. The zero-order chi connectivity index (χ0) is 25.5. The molecule has 0 bridgehead atoms. The highest BCUT2D eigenvalue weighted by atomic mass is 28.4. The molecule has 4 nitrogen and oxygen atoms in total. The van der Waals surface area contributed by atoms with Gasteiger partial charge in [-0.1, -0.05) is 47.1 Å². The van der Waals surface area contributed by atoms with Crippen LogP contribution in [-0.4, -0.2) is 44.6 Å². The lowest BCUT2D eigenvalue weighted by Gasteiger charge is -2.50. The van der Waals surface area contributed by atoms with Gasteiger partial charge >= 0.3 is 0 Å². The first-order chi connectivity index (χ1) is 15.9. The zero-order valence-electron chi connectivity index (χ0n) is 23.6. The second-order valence-electron chi connectivity index (χ2n) is 13.1. The van der Waals surface area contributed by atoms with Crippen LogP contribution in [0.5, 0.6) is 0 Å². The first kappa shape index (κ1) is 28.4. The van der Waals surface area contributed by atoms with E-state index in [-0.39, 0.29) is 29.3 Å². The van der Waals surface area contributed by atoms with Gasteiger partial charge in [0, 0.05) is 25.2 Å². The molecule has 0 heterocycles. The zero-order valence-corrected chi connectivity index (χ0v) is 24.6. The van der Waals surface area contributed by atoms with Crippen molar-refractivity contribution >= 4 is 8.32 Å². The molecule has 1 N–H and O–H groups in total. The molecule has 34 heavy (non-hydrogen) atoms. The largest absolute Gasteiger partial charge is 0.414 e. The van der Waals surface area contributed by atoms with E-state index in [1.54, 1.807) is 0 Å². The maximum absolute atomic E-state index is 12.4. The second kappa shape index (κ2) is 10.7. The van der Waals surface area contributed by atoms with Crippen LogP contribution in [0.15, 0.2) is 12.7 Å². The standard InChI is InChI=1S/C29H54O4Si/c1-11-15-29(30)23-18-25(33-34(9,10)28(6,7)8)26-20(12-2)19(5)16-22(26)21(23)17-24(29)27(31-13-3)32-14-4/h11,19-27,30H,1,12-18H2,2-10H3/t19-,20-,21-,22-,23+,24-,25-,26+,29+/m1/s1. The van der Waals surface area contributed by atoms with Gasteiger partial charge in [-0.15, -0.1) is 6.58 Å². The Morgan fingerprint density at radius 2 is 1.68 bits per heavy atom. The van der Waals surface area contributed by atoms with E-state index >= 15 is 0 Å². The van der Waals surface area contributed by atoms with Crippen molar-refractivity contribution in [3.8, 4) is 0 Å². The average Bonchev–Trinajstić information content (AvgIpc) is 3.21. The monoisotopic (exact) mass is 494 g/mol. The fourth-order valence-corrected chi connectivity index (χ4v) is 9.25. The van der Waals surface area contributed by atoms with Crippen LogP contribution in [0.2, 0.25) is 18.1 Å². The molecule has 0 aliphatic heterocycles. The number of hydrogen-bond donors (Lipinski definition) is 1. The Morgan fingerprint density at radius 1 is 1.06 bits per heavy atom. The number of ether oxygens (including phenoxy) is 2. The van der Waals surface area contributed by atoms with E-state index in [2.05, 4.69) is 54.3 Å². The highest BCUT2D eigenvalue weighted by Crippen LogP contribution is 2.64. The third-order valence-electron chi connectivity index (χ3n) is 10.3. The minimum absolute atomic E-state index is 0.0244. The Labute approximate surface area is 211 Å². The van der Waals surface area contributed by atoms with Gasteiger partial charge in [-0.2, -0.15) is 0 Å². The first-order valence-electron chi connectivity index (χ1n) is 14.1. The predicted octanol–water partition coefficient (Wildman–Crippen LogP) is 7.04. The SMILES string of the molecule is C=CC[C@@]1(O)[C@@H](C(OCC)OCC)C[C@@H]2[C@H]3C[C@@H](C)[C@@H](CC)[C@@H]3[C@H](O[Si](C)(C)C(C)(C)C)C[C@@H]21. The van der Waals surface area contributed by atoms with E-state index < -0.39 is 13.9 Å². The number of aliphatic hydroxyl groups is 1. The molecule has 9 atom stereocenters. The van der Waals surface area contributed by atoms with Crippen molar-refractivity contribution in [2.24, 2.45) is 41.4 Å². The van der Waals surface area contributed by atoms with E-state index in [4.69, 9.17) is 13.9 Å². The van der Waals surface area contributed by atoms with Crippen LogP contribution in [0, 0.1) is 41.4 Å². The molecule has 0 amide bonds. The van der Waals surface area contributed by atoms with E-state index in [0.717, 1.165) is 12.8 Å². The molecule has 3 aliphatic rings. The van der Waals surface area contributed by atoms with Crippen molar-refractivity contribution in [3.63, 3.8) is 0 Å². The van der Waals surface area contributed by atoms with E-state index in [1.807, 2.05) is 19.9 Å². The van der Waals surface area contributed by atoms with Gasteiger partial charge in [-0.3, -0.25) is 0 Å². The number of rotatable bonds is 10. The summed E-state index contributed by atoms with van der Waals surface area (Å²) in [5.41, 5.74) is -0.852. The lowest BCUT2D eigenvalue weighted by atomic mass is 9.63. The molecule has 3 fully saturated rings. The lowest BCUT2D eigenvalue weighted by Crippen LogP contribution is -2.54. The fourth-order valence-electron chi connectivity index (χ4n) is 7.88. The highest BCUT2D eigenvalue weighted by Gasteiger charge is 2.64. The minimum atomic E-state index is -1.94. The Kier molecular flexibility index (Phi) is 8.89. The van der Waals surface area contributed by atoms with Crippen LogP contribution in [0.1, 0.15) is 80.6 Å². The number of fused-ring (bicyclic) bond motifs is 3. The fraction of sp³-hybridized carbons (Fsp3) is 0.931. The van der Waals surface area contributed by atoms with Crippen LogP contribution in [0.3, 0.4) is 0 Å². The summed E-state index contributed by atoms with van der Waals surface area (Å²) in [6.45, 7) is 25.9. The summed E-state index contributed by atoms with van der Waals surface area (Å²) in [5.74, 6) is 3.31. The summed E-state index contributed by atoms with van der Waals surface area (Å²) in [5, 5.41) is 12.6. The molecule has 0 aromatic carbocycles. The topological polar surface area (TPSA) is 47.9 Å².